The minimum atomic E-state index is -1.51. The maximum Gasteiger partial charge on any atom is 0.186 e. The van der Waals surface area contributed by atoms with Crippen molar-refractivity contribution in [1.29, 1.82) is 0 Å². The van der Waals surface area contributed by atoms with Crippen molar-refractivity contribution in [2.24, 2.45) is 0 Å². The van der Waals surface area contributed by atoms with E-state index in [1.54, 1.807) is 0 Å². The fraction of sp³-hybridized carbons (Fsp3) is 1.00. The van der Waals surface area contributed by atoms with Crippen LogP contribution >= 0.6 is 0 Å². The Balaban J connectivity index is 1.83. The molecule has 6 N–H and O–H groups in total. The molecule has 2 aliphatic rings. The number of ether oxygens (including phenoxy) is 3. The number of hydrogen-bond donors (Lipinski definition) is 6. The third-order valence-electron chi connectivity index (χ3n) is 3.26. The third kappa shape index (κ3) is 2.89. The Hall–Kier alpha value is -0.360. The van der Waals surface area contributed by atoms with Gasteiger partial charge >= 0.3 is 0 Å². The zero-order chi connectivity index (χ0) is 14.2. The maximum absolute atomic E-state index is 9.59. The molecule has 19 heavy (non-hydrogen) atoms. The minimum Gasteiger partial charge on any atom is -0.394 e. The average Bonchev–Trinajstić information content (AvgIpc) is 2.81. The first-order chi connectivity index (χ1) is 8.95. The summed E-state index contributed by atoms with van der Waals surface area (Å²) in [6.45, 7) is -0.736. The first kappa shape index (κ1) is 15.0. The van der Waals surface area contributed by atoms with E-state index in [0.717, 1.165) is 0 Å². The summed E-state index contributed by atoms with van der Waals surface area (Å²) in [6.07, 6.45) is -10.00. The van der Waals surface area contributed by atoms with Crippen LogP contribution < -0.4 is 0 Å². The second-order valence-electron chi connectivity index (χ2n) is 4.59. The number of aliphatic hydroxyl groups is 6. The molecule has 0 bridgehead atoms. The van der Waals surface area contributed by atoms with Crippen molar-refractivity contribution in [3.05, 3.63) is 0 Å². The van der Waals surface area contributed by atoms with Gasteiger partial charge in [0.2, 0.25) is 0 Å². The molecule has 9 nitrogen and oxygen atoms in total. The van der Waals surface area contributed by atoms with E-state index >= 15 is 0 Å². The van der Waals surface area contributed by atoms with Crippen LogP contribution in [-0.4, -0.2) is 93.1 Å². The lowest BCUT2D eigenvalue weighted by atomic mass is 10.1. The van der Waals surface area contributed by atoms with Crippen molar-refractivity contribution < 1.29 is 44.8 Å². The smallest absolute Gasteiger partial charge is 0.186 e. The first-order valence-electron chi connectivity index (χ1n) is 5.89. The minimum absolute atomic E-state index is 0.262. The molecule has 2 fully saturated rings. The highest BCUT2D eigenvalue weighted by Gasteiger charge is 2.46. The molecule has 0 aromatic heterocycles. The van der Waals surface area contributed by atoms with E-state index in [-0.39, 0.29) is 6.61 Å². The molecule has 0 spiro atoms. The van der Waals surface area contributed by atoms with E-state index in [0.29, 0.717) is 0 Å². The molecule has 0 aliphatic carbocycles. The van der Waals surface area contributed by atoms with E-state index in [1.807, 2.05) is 0 Å². The molecule has 2 aliphatic heterocycles. The fourth-order valence-electron chi connectivity index (χ4n) is 2.06. The lowest BCUT2D eigenvalue weighted by Gasteiger charge is -2.19. The van der Waals surface area contributed by atoms with Crippen LogP contribution in [0, 0.1) is 0 Å². The highest BCUT2D eigenvalue weighted by molar-refractivity contribution is 4.88. The summed E-state index contributed by atoms with van der Waals surface area (Å²) in [5, 5.41) is 55.9. The summed E-state index contributed by atoms with van der Waals surface area (Å²) in [5.41, 5.74) is 0. The van der Waals surface area contributed by atoms with Gasteiger partial charge < -0.3 is 44.8 Å². The predicted octanol–water partition coefficient (Wildman–Crippen LogP) is -4.12. The zero-order valence-electron chi connectivity index (χ0n) is 9.94. The highest BCUT2D eigenvalue weighted by Crippen LogP contribution is 2.24. The Morgan fingerprint density at radius 1 is 0.789 bits per heavy atom. The standard InChI is InChI=1S/C10H18O9/c11-1-3-5(12)8(15)10(19-3)17-2-4-6(13)7(14)9(16)18-4/h3-16H,1-2H2/t3-,4-,5-,6-,7+,8+,9+,10+/m0/s1. The van der Waals surface area contributed by atoms with E-state index in [4.69, 9.17) is 24.4 Å². The maximum atomic E-state index is 9.59. The molecule has 0 saturated carbocycles. The third-order valence-corrected chi connectivity index (χ3v) is 3.26. The number of hydrogen-bond acceptors (Lipinski definition) is 9. The molecule has 2 rings (SSSR count). The summed E-state index contributed by atoms with van der Waals surface area (Å²) in [6, 6.07) is 0. The van der Waals surface area contributed by atoms with Gasteiger partial charge in [0.25, 0.3) is 0 Å². The topological polar surface area (TPSA) is 149 Å². The van der Waals surface area contributed by atoms with Gasteiger partial charge in [0.05, 0.1) is 13.2 Å². The van der Waals surface area contributed by atoms with Crippen molar-refractivity contribution in [2.75, 3.05) is 13.2 Å². The average molecular weight is 282 g/mol. The van der Waals surface area contributed by atoms with Crippen LogP contribution in [0.5, 0.6) is 0 Å². The molecular formula is C10H18O9. The molecule has 2 heterocycles. The van der Waals surface area contributed by atoms with Gasteiger partial charge in [-0.05, 0) is 0 Å². The quantitative estimate of drug-likeness (QED) is 0.302. The van der Waals surface area contributed by atoms with E-state index in [2.05, 4.69) is 0 Å². The molecule has 0 unspecified atom stereocenters. The molecular weight excluding hydrogens is 264 g/mol. The molecule has 0 amide bonds. The van der Waals surface area contributed by atoms with Crippen LogP contribution in [0.25, 0.3) is 0 Å². The van der Waals surface area contributed by atoms with Gasteiger partial charge in [0.1, 0.15) is 36.6 Å². The Labute approximate surface area is 108 Å². The SMILES string of the molecule is OC[C@@H]1O[C@@H](OC[C@@H]2O[C@@H](O)[C@H](O)[C@H]2O)[C@H](O)[C@H]1O. The van der Waals surface area contributed by atoms with Gasteiger partial charge in [-0.25, -0.2) is 0 Å². The number of rotatable bonds is 4. The van der Waals surface area contributed by atoms with Gasteiger partial charge in [-0.3, -0.25) is 0 Å². The van der Waals surface area contributed by atoms with Gasteiger partial charge in [-0.15, -0.1) is 0 Å². The largest absolute Gasteiger partial charge is 0.394 e. The molecule has 2 saturated heterocycles. The van der Waals surface area contributed by atoms with E-state index < -0.39 is 55.8 Å². The van der Waals surface area contributed by atoms with Crippen LogP contribution in [0.3, 0.4) is 0 Å². The van der Waals surface area contributed by atoms with Crippen LogP contribution in [0.4, 0.5) is 0 Å². The molecule has 0 aromatic carbocycles. The molecule has 8 atom stereocenters. The lowest BCUT2D eigenvalue weighted by Crippen LogP contribution is -2.38. The molecule has 9 heteroatoms. The van der Waals surface area contributed by atoms with Crippen LogP contribution in [0.1, 0.15) is 0 Å². The summed E-state index contributed by atoms with van der Waals surface area (Å²) < 4.78 is 15.0. The summed E-state index contributed by atoms with van der Waals surface area (Å²) in [4.78, 5) is 0. The number of aliphatic hydroxyl groups excluding tert-OH is 6. The lowest BCUT2D eigenvalue weighted by molar-refractivity contribution is -0.197. The second-order valence-corrected chi connectivity index (χ2v) is 4.59. The summed E-state index contributed by atoms with van der Waals surface area (Å²) >= 11 is 0. The van der Waals surface area contributed by atoms with E-state index in [1.165, 1.54) is 0 Å². The van der Waals surface area contributed by atoms with Crippen LogP contribution in [-0.2, 0) is 14.2 Å². The van der Waals surface area contributed by atoms with Crippen LogP contribution in [0.2, 0.25) is 0 Å². The Morgan fingerprint density at radius 2 is 1.42 bits per heavy atom. The van der Waals surface area contributed by atoms with Crippen molar-refractivity contribution in [2.45, 2.75) is 49.2 Å². The molecule has 0 radical (unpaired) electrons. The molecule has 0 aromatic rings. The Kier molecular flexibility index (Phi) is 4.71. The monoisotopic (exact) mass is 282 g/mol. The van der Waals surface area contributed by atoms with Gasteiger partial charge in [0.15, 0.2) is 12.6 Å². The first-order valence-corrected chi connectivity index (χ1v) is 5.89. The zero-order valence-corrected chi connectivity index (χ0v) is 9.94. The summed E-state index contributed by atoms with van der Waals surface area (Å²) in [7, 11) is 0. The van der Waals surface area contributed by atoms with Crippen molar-refractivity contribution >= 4 is 0 Å². The normalized spacial score (nSPS) is 50.8. The van der Waals surface area contributed by atoms with Crippen molar-refractivity contribution in [1.82, 2.24) is 0 Å². The van der Waals surface area contributed by atoms with Crippen molar-refractivity contribution in [3.63, 3.8) is 0 Å². The van der Waals surface area contributed by atoms with Crippen LogP contribution in [0.15, 0.2) is 0 Å². The summed E-state index contributed by atoms with van der Waals surface area (Å²) in [5.74, 6) is 0. The van der Waals surface area contributed by atoms with Gasteiger partial charge in [-0.2, -0.15) is 0 Å². The Morgan fingerprint density at radius 3 is 1.89 bits per heavy atom. The van der Waals surface area contributed by atoms with Crippen molar-refractivity contribution in [3.8, 4) is 0 Å². The molecule has 112 valence electrons. The Bertz CT molecular complexity index is 301. The van der Waals surface area contributed by atoms with Gasteiger partial charge in [0, 0.05) is 0 Å². The van der Waals surface area contributed by atoms with E-state index in [9.17, 15) is 20.4 Å². The predicted molar refractivity (Wildman–Crippen MR) is 56.6 cm³/mol. The second kappa shape index (κ2) is 5.95. The fourth-order valence-corrected chi connectivity index (χ4v) is 2.06. The highest BCUT2D eigenvalue weighted by atomic mass is 16.7. The van der Waals surface area contributed by atoms with Gasteiger partial charge in [-0.1, -0.05) is 0 Å².